The van der Waals surface area contributed by atoms with E-state index in [-0.39, 0.29) is 11.9 Å². The molecule has 0 aliphatic carbocycles. The highest BCUT2D eigenvalue weighted by Gasteiger charge is 2.13. The molecule has 1 atom stereocenters. The number of nitrogens with two attached hydrogens (primary N) is 1. The Morgan fingerprint density at radius 2 is 2.37 bits per heavy atom. The number of aromatic nitrogens is 3. The molecule has 1 unspecified atom stereocenters. The van der Waals surface area contributed by atoms with E-state index in [1.54, 1.807) is 29.2 Å². The molecule has 0 spiro atoms. The molecule has 0 aliphatic heterocycles. The number of pyridine rings is 1. The summed E-state index contributed by atoms with van der Waals surface area (Å²) < 4.78 is 1.71. The van der Waals surface area contributed by atoms with Gasteiger partial charge in [-0.3, -0.25) is 14.5 Å². The van der Waals surface area contributed by atoms with Gasteiger partial charge in [-0.25, -0.2) is 0 Å². The Balaban J connectivity index is 2.08. The summed E-state index contributed by atoms with van der Waals surface area (Å²) in [6.07, 6.45) is 5.21. The van der Waals surface area contributed by atoms with Crippen LogP contribution in [0.15, 0.2) is 30.7 Å². The molecule has 100 valence electrons. The maximum atomic E-state index is 12.1. The second kappa shape index (κ2) is 5.62. The van der Waals surface area contributed by atoms with E-state index in [2.05, 4.69) is 15.4 Å². The van der Waals surface area contributed by atoms with Gasteiger partial charge >= 0.3 is 0 Å². The van der Waals surface area contributed by atoms with Crippen molar-refractivity contribution in [2.75, 3.05) is 0 Å². The van der Waals surface area contributed by atoms with Crippen molar-refractivity contribution < 1.29 is 4.79 Å². The predicted molar refractivity (Wildman–Crippen MR) is 71.2 cm³/mol. The third-order valence-electron chi connectivity index (χ3n) is 2.86. The third-order valence-corrected chi connectivity index (χ3v) is 2.86. The Bertz CT molecular complexity index is 578. The summed E-state index contributed by atoms with van der Waals surface area (Å²) in [5.41, 5.74) is 7.73. The van der Waals surface area contributed by atoms with Gasteiger partial charge in [-0.15, -0.1) is 0 Å². The fraction of sp³-hybridized carbons (Fsp3) is 0.308. The zero-order valence-corrected chi connectivity index (χ0v) is 11.0. The van der Waals surface area contributed by atoms with E-state index >= 15 is 0 Å². The number of aryl methyl sites for hydroxylation is 1. The number of hydrogen-bond acceptors (Lipinski definition) is 4. The van der Waals surface area contributed by atoms with Crippen molar-refractivity contribution in [3.05, 3.63) is 47.5 Å². The molecular formula is C13H17N5O. The summed E-state index contributed by atoms with van der Waals surface area (Å²) in [7, 11) is 1.84. The Hall–Kier alpha value is -2.21. The number of nitrogens with zero attached hydrogens (tertiary/aromatic N) is 3. The van der Waals surface area contributed by atoms with E-state index in [1.165, 1.54) is 0 Å². The Morgan fingerprint density at radius 3 is 3.00 bits per heavy atom. The lowest BCUT2D eigenvalue weighted by atomic mass is 10.1. The molecule has 0 saturated carbocycles. The van der Waals surface area contributed by atoms with Gasteiger partial charge in [0.05, 0.1) is 17.9 Å². The molecule has 0 saturated heterocycles. The molecule has 2 heterocycles. The molecule has 1 amide bonds. The topological polar surface area (TPSA) is 85.8 Å². The fourth-order valence-electron chi connectivity index (χ4n) is 1.76. The summed E-state index contributed by atoms with van der Waals surface area (Å²) >= 11 is 0. The largest absolute Gasteiger partial charge is 0.345 e. The number of carbonyl (C=O) groups is 1. The minimum Gasteiger partial charge on any atom is -0.345 e. The first-order chi connectivity index (χ1) is 9.10. The van der Waals surface area contributed by atoms with Gasteiger partial charge in [0.1, 0.15) is 0 Å². The van der Waals surface area contributed by atoms with Crippen molar-refractivity contribution >= 4 is 5.91 Å². The van der Waals surface area contributed by atoms with Crippen LogP contribution in [0.1, 0.15) is 34.6 Å². The van der Waals surface area contributed by atoms with Crippen LogP contribution in [0, 0.1) is 0 Å². The van der Waals surface area contributed by atoms with Crippen molar-refractivity contribution in [1.29, 1.82) is 0 Å². The van der Waals surface area contributed by atoms with Crippen LogP contribution in [0.4, 0.5) is 0 Å². The molecular weight excluding hydrogens is 242 g/mol. The van der Waals surface area contributed by atoms with Gasteiger partial charge in [0.25, 0.3) is 5.91 Å². The smallest absolute Gasteiger partial charge is 0.251 e. The standard InChI is InChI=1S/C13H17N5O/c1-9(11-7-16-18(2)8-11)17-13(19)10-3-4-15-12(5-10)6-14/h3-5,7-9H,6,14H2,1-2H3,(H,17,19). The predicted octanol–water partition coefficient (Wildman–Crippen LogP) is 0.765. The highest BCUT2D eigenvalue weighted by Crippen LogP contribution is 2.11. The average molecular weight is 259 g/mol. The number of rotatable bonds is 4. The molecule has 0 aliphatic rings. The molecule has 0 bridgehead atoms. The van der Waals surface area contributed by atoms with Crippen molar-refractivity contribution in [2.24, 2.45) is 12.8 Å². The lowest BCUT2D eigenvalue weighted by molar-refractivity contribution is 0.0939. The highest BCUT2D eigenvalue weighted by molar-refractivity contribution is 5.94. The summed E-state index contributed by atoms with van der Waals surface area (Å²) in [5.74, 6) is -0.145. The average Bonchev–Trinajstić information content (AvgIpc) is 2.85. The molecule has 2 aromatic rings. The summed E-state index contributed by atoms with van der Waals surface area (Å²) in [6, 6.07) is 3.27. The van der Waals surface area contributed by atoms with Crippen LogP contribution >= 0.6 is 0 Å². The zero-order chi connectivity index (χ0) is 13.8. The van der Waals surface area contributed by atoms with Gasteiger partial charge in [-0.1, -0.05) is 0 Å². The minimum absolute atomic E-state index is 0.101. The van der Waals surface area contributed by atoms with Crippen molar-refractivity contribution in [1.82, 2.24) is 20.1 Å². The number of hydrogen-bond donors (Lipinski definition) is 2. The first kappa shape index (κ1) is 13.2. The van der Waals surface area contributed by atoms with Gasteiger partial charge in [-0.05, 0) is 19.1 Å². The van der Waals surface area contributed by atoms with Crippen LogP contribution in [0.25, 0.3) is 0 Å². The zero-order valence-electron chi connectivity index (χ0n) is 11.0. The lowest BCUT2D eigenvalue weighted by Gasteiger charge is -2.12. The first-order valence-electron chi connectivity index (χ1n) is 6.04. The molecule has 0 fully saturated rings. The van der Waals surface area contributed by atoms with E-state index < -0.39 is 0 Å². The maximum Gasteiger partial charge on any atom is 0.251 e. The van der Waals surface area contributed by atoms with Crippen LogP contribution < -0.4 is 11.1 Å². The van der Waals surface area contributed by atoms with Crippen LogP contribution in [0.3, 0.4) is 0 Å². The molecule has 6 heteroatoms. The van der Waals surface area contributed by atoms with E-state index in [1.807, 2.05) is 20.2 Å². The SMILES string of the molecule is CC(NC(=O)c1ccnc(CN)c1)c1cnn(C)c1. The number of amides is 1. The summed E-state index contributed by atoms with van der Waals surface area (Å²) in [6.45, 7) is 2.24. The number of nitrogens with one attached hydrogen (secondary N) is 1. The summed E-state index contributed by atoms with van der Waals surface area (Å²) in [5, 5.41) is 7.00. The second-order valence-corrected chi connectivity index (χ2v) is 4.38. The molecule has 2 aromatic heterocycles. The quantitative estimate of drug-likeness (QED) is 0.849. The Morgan fingerprint density at radius 1 is 1.58 bits per heavy atom. The van der Waals surface area contributed by atoms with E-state index in [4.69, 9.17) is 5.73 Å². The van der Waals surface area contributed by atoms with Gasteiger partial charge in [0.2, 0.25) is 0 Å². The van der Waals surface area contributed by atoms with Gasteiger partial charge < -0.3 is 11.1 Å². The van der Waals surface area contributed by atoms with Crippen molar-refractivity contribution in [3.8, 4) is 0 Å². The van der Waals surface area contributed by atoms with Gasteiger partial charge in [-0.2, -0.15) is 5.10 Å². The van der Waals surface area contributed by atoms with Crippen LogP contribution in [0.2, 0.25) is 0 Å². The number of carbonyl (C=O) groups excluding carboxylic acids is 1. The maximum absolute atomic E-state index is 12.1. The molecule has 6 nitrogen and oxygen atoms in total. The third kappa shape index (κ3) is 3.17. The monoisotopic (exact) mass is 259 g/mol. The molecule has 0 aromatic carbocycles. The van der Waals surface area contributed by atoms with Gasteiger partial charge in [0, 0.05) is 37.1 Å². The van der Waals surface area contributed by atoms with E-state index in [0.29, 0.717) is 17.8 Å². The Labute approximate surface area is 111 Å². The normalized spacial score (nSPS) is 12.2. The Kier molecular flexibility index (Phi) is 3.91. The second-order valence-electron chi connectivity index (χ2n) is 4.38. The van der Waals surface area contributed by atoms with Crippen LogP contribution in [-0.2, 0) is 13.6 Å². The first-order valence-corrected chi connectivity index (χ1v) is 6.04. The minimum atomic E-state index is -0.145. The summed E-state index contributed by atoms with van der Waals surface area (Å²) in [4.78, 5) is 16.2. The molecule has 19 heavy (non-hydrogen) atoms. The fourth-order valence-corrected chi connectivity index (χ4v) is 1.76. The molecule has 3 N–H and O–H groups in total. The molecule has 0 radical (unpaired) electrons. The van der Waals surface area contributed by atoms with E-state index in [9.17, 15) is 4.79 Å². The van der Waals surface area contributed by atoms with E-state index in [0.717, 1.165) is 5.56 Å². The molecule has 2 rings (SSSR count). The van der Waals surface area contributed by atoms with Crippen molar-refractivity contribution in [3.63, 3.8) is 0 Å². The van der Waals surface area contributed by atoms with Gasteiger partial charge in [0.15, 0.2) is 0 Å². The van der Waals surface area contributed by atoms with Crippen LogP contribution in [-0.4, -0.2) is 20.7 Å². The highest BCUT2D eigenvalue weighted by atomic mass is 16.1. The van der Waals surface area contributed by atoms with Crippen LogP contribution in [0.5, 0.6) is 0 Å². The lowest BCUT2D eigenvalue weighted by Crippen LogP contribution is -2.26. The van der Waals surface area contributed by atoms with Crippen molar-refractivity contribution in [2.45, 2.75) is 19.5 Å².